The molecule has 1 aromatic rings. The first-order valence-electron chi connectivity index (χ1n) is 6.77. The smallest absolute Gasteiger partial charge is 0.155 e. The number of rotatable bonds is 5. The number of piperidine rings is 1. The highest BCUT2D eigenvalue weighted by Crippen LogP contribution is 2.35. The van der Waals surface area contributed by atoms with Crippen LogP contribution in [0.15, 0.2) is 11.5 Å². The number of amidine groups is 1. The Balaban J connectivity index is 1.97. The molecule has 0 saturated carbocycles. The van der Waals surface area contributed by atoms with Gasteiger partial charge in [0.2, 0.25) is 0 Å². The van der Waals surface area contributed by atoms with Gasteiger partial charge in [0.25, 0.3) is 0 Å². The van der Waals surface area contributed by atoms with Gasteiger partial charge in [-0.3, -0.25) is 4.90 Å². The fraction of sp³-hybridized carbons (Fsp3) is 0.750. The molecule has 0 atom stereocenters. The molecule has 1 aliphatic rings. The number of hydrogen-bond acceptors (Lipinski definition) is 6. The zero-order valence-electron chi connectivity index (χ0n) is 12.0. The minimum atomic E-state index is -0.232. The Hall–Kier alpha value is -1.28. The summed E-state index contributed by atoms with van der Waals surface area (Å²) < 4.78 is 1.68. The normalized spacial score (nSPS) is 20.2. The van der Waals surface area contributed by atoms with Crippen molar-refractivity contribution in [1.82, 2.24) is 19.7 Å². The van der Waals surface area contributed by atoms with Crippen molar-refractivity contribution in [2.24, 2.45) is 10.9 Å². The molecule has 20 heavy (non-hydrogen) atoms. The third-order valence-electron chi connectivity index (χ3n) is 3.99. The van der Waals surface area contributed by atoms with E-state index in [-0.39, 0.29) is 4.75 Å². The van der Waals surface area contributed by atoms with Crippen molar-refractivity contribution in [3.8, 4) is 0 Å². The zero-order valence-corrected chi connectivity index (χ0v) is 12.8. The lowest BCUT2D eigenvalue weighted by molar-refractivity contribution is 0.202. The Morgan fingerprint density at radius 3 is 2.80 bits per heavy atom. The Morgan fingerprint density at radius 1 is 1.55 bits per heavy atom. The highest BCUT2D eigenvalue weighted by atomic mass is 32.2. The van der Waals surface area contributed by atoms with Gasteiger partial charge in [0.05, 0.1) is 11.3 Å². The van der Waals surface area contributed by atoms with E-state index in [4.69, 9.17) is 10.9 Å². The third-order valence-corrected chi connectivity index (χ3v) is 5.39. The molecular formula is C12H22N6OS. The summed E-state index contributed by atoms with van der Waals surface area (Å²) in [6.07, 6.45) is 5.38. The van der Waals surface area contributed by atoms with Crippen LogP contribution < -0.4 is 5.73 Å². The van der Waals surface area contributed by atoms with Crippen molar-refractivity contribution in [3.63, 3.8) is 0 Å². The SMILES string of the molecule is CCn1ncnc1CN1CCC(SC)(C(N)=NO)CC1. The number of aromatic nitrogens is 3. The summed E-state index contributed by atoms with van der Waals surface area (Å²) in [6.45, 7) is 5.52. The van der Waals surface area contributed by atoms with Crippen LogP contribution in [0.25, 0.3) is 0 Å². The lowest BCUT2D eigenvalue weighted by Gasteiger charge is -2.39. The average Bonchev–Trinajstić information content (AvgIpc) is 2.94. The second-order valence-electron chi connectivity index (χ2n) is 4.95. The van der Waals surface area contributed by atoms with Crippen molar-refractivity contribution in [2.45, 2.75) is 37.6 Å². The second-order valence-corrected chi connectivity index (χ2v) is 6.14. The molecule has 8 heteroatoms. The lowest BCUT2D eigenvalue weighted by atomic mass is 9.94. The number of thioether (sulfide) groups is 1. The van der Waals surface area contributed by atoms with E-state index in [1.807, 2.05) is 10.9 Å². The lowest BCUT2D eigenvalue weighted by Crippen LogP contribution is -2.50. The van der Waals surface area contributed by atoms with Crippen LogP contribution in [0.1, 0.15) is 25.6 Å². The predicted octanol–water partition coefficient (Wildman–Crippen LogP) is 0.742. The van der Waals surface area contributed by atoms with E-state index in [9.17, 15) is 0 Å². The van der Waals surface area contributed by atoms with E-state index in [2.05, 4.69) is 27.1 Å². The molecule has 7 nitrogen and oxygen atoms in total. The van der Waals surface area contributed by atoms with Crippen LogP contribution in [-0.4, -0.2) is 54.8 Å². The third kappa shape index (κ3) is 2.90. The zero-order chi connectivity index (χ0) is 14.6. The molecule has 1 aromatic heterocycles. The number of likely N-dealkylation sites (tertiary alicyclic amines) is 1. The van der Waals surface area contributed by atoms with Gasteiger partial charge in [0.15, 0.2) is 5.84 Å². The number of nitrogens with two attached hydrogens (primary N) is 1. The van der Waals surface area contributed by atoms with Gasteiger partial charge in [-0.15, -0.1) is 0 Å². The molecule has 0 radical (unpaired) electrons. The first-order chi connectivity index (χ1) is 9.65. The fourth-order valence-corrected chi connectivity index (χ4v) is 3.44. The van der Waals surface area contributed by atoms with Gasteiger partial charge in [0.1, 0.15) is 12.2 Å². The van der Waals surface area contributed by atoms with Crippen molar-refractivity contribution in [2.75, 3.05) is 19.3 Å². The van der Waals surface area contributed by atoms with Gasteiger partial charge >= 0.3 is 0 Å². The van der Waals surface area contributed by atoms with Crippen LogP contribution in [0.4, 0.5) is 0 Å². The quantitative estimate of drug-likeness (QED) is 0.360. The molecule has 0 aromatic carbocycles. The topological polar surface area (TPSA) is 92.6 Å². The van der Waals surface area contributed by atoms with Gasteiger partial charge in [0, 0.05) is 19.6 Å². The maximum atomic E-state index is 8.94. The fourth-order valence-electron chi connectivity index (χ4n) is 2.60. The molecule has 1 saturated heterocycles. The molecule has 2 rings (SSSR count). The molecule has 1 fully saturated rings. The van der Waals surface area contributed by atoms with E-state index in [0.717, 1.165) is 44.8 Å². The summed E-state index contributed by atoms with van der Waals surface area (Å²) >= 11 is 1.67. The largest absolute Gasteiger partial charge is 0.409 e. The number of aryl methyl sites for hydroxylation is 1. The first-order valence-corrected chi connectivity index (χ1v) is 8.00. The van der Waals surface area contributed by atoms with Crippen molar-refractivity contribution >= 4 is 17.6 Å². The molecule has 112 valence electrons. The summed E-state index contributed by atoms with van der Waals surface area (Å²) in [5.74, 6) is 1.33. The van der Waals surface area contributed by atoms with Crippen LogP contribution in [0, 0.1) is 0 Å². The molecule has 0 amide bonds. The number of oxime groups is 1. The molecule has 0 bridgehead atoms. The van der Waals surface area contributed by atoms with Crippen LogP contribution in [0.3, 0.4) is 0 Å². The molecular weight excluding hydrogens is 276 g/mol. The standard InChI is InChI=1S/C12H22N6OS/c1-3-18-10(14-9-15-18)8-17-6-4-12(20-2,5-7-17)11(13)16-19/h9,19H,3-8H2,1-2H3,(H2,13,16). The van der Waals surface area contributed by atoms with Gasteiger partial charge in [-0.25, -0.2) is 9.67 Å². The Bertz CT molecular complexity index is 466. The highest BCUT2D eigenvalue weighted by molar-refractivity contribution is 8.00. The minimum Gasteiger partial charge on any atom is -0.409 e. The van der Waals surface area contributed by atoms with E-state index >= 15 is 0 Å². The van der Waals surface area contributed by atoms with E-state index in [1.54, 1.807) is 18.1 Å². The molecule has 0 unspecified atom stereocenters. The predicted molar refractivity (Wildman–Crippen MR) is 79.9 cm³/mol. The second kappa shape index (κ2) is 6.45. The van der Waals surface area contributed by atoms with Crippen molar-refractivity contribution < 1.29 is 5.21 Å². The van der Waals surface area contributed by atoms with Crippen molar-refractivity contribution in [1.29, 1.82) is 0 Å². The highest BCUT2D eigenvalue weighted by Gasteiger charge is 2.38. The maximum absolute atomic E-state index is 8.94. The molecule has 0 spiro atoms. The average molecular weight is 298 g/mol. The van der Waals surface area contributed by atoms with Crippen LogP contribution >= 0.6 is 11.8 Å². The number of hydrogen-bond donors (Lipinski definition) is 2. The summed E-state index contributed by atoms with van der Waals surface area (Å²) in [7, 11) is 0. The van der Waals surface area contributed by atoms with Gasteiger partial charge < -0.3 is 10.9 Å². The number of nitrogens with zero attached hydrogens (tertiary/aromatic N) is 5. The Kier molecular flexibility index (Phi) is 4.87. The van der Waals surface area contributed by atoms with Gasteiger partial charge in [-0.2, -0.15) is 16.9 Å². The van der Waals surface area contributed by atoms with Crippen LogP contribution in [0.2, 0.25) is 0 Å². The summed E-state index contributed by atoms with van der Waals surface area (Å²) in [5, 5.41) is 16.3. The minimum absolute atomic E-state index is 0.232. The molecule has 2 heterocycles. The Morgan fingerprint density at radius 2 is 2.25 bits per heavy atom. The van der Waals surface area contributed by atoms with Crippen molar-refractivity contribution in [3.05, 3.63) is 12.2 Å². The van der Waals surface area contributed by atoms with E-state index in [1.165, 1.54) is 0 Å². The van der Waals surface area contributed by atoms with Crippen LogP contribution in [0.5, 0.6) is 0 Å². The molecule has 3 N–H and O–H groups in total. The summed E-state index contributed by atoms with van der Waals surface area (Å²) in [4.78, 5) is 6.65. The molecule has 0 aliphatic carbocycles. The monoisotopic (exact) mass is 298 g/mol. The van der Waals surface area contributed by atoms with Gasteiger partial charge in [-0.05, 0) is 26.0 Å². The molecule has 1 aliphatic heterocycles. The van der Waals surface area contributed by atoms with E-state index < -0.39 is 0 Å². The summed E-state index contributed by atoms with van der Waals surface area (Å²) in [5.41, 5.74) is 5.85. The Labute approximate surface area is 123 Å². The summed E-state index contributed by atoms with van der Waals surface area (Å²) in [6, 6.07) is 0. The van der Waals surface area contributed by atoms with Crippen LogP contribution in [-0.2, 0) is 13.1 Å². The van der Waals surface area contributed by atoms with Gasteiger partial charge in [-0.1, -0.05) is 5.16 Å². The first kappa shape index (κ1) is 15.1. The van der Waals surface area contributed by atoms with E-state index in [0.29, 0.717) is 5.84 Å². The maximum Gasteiger partial charge on any atom is 0.155 e.